The van der Waals surface area contributed by atoms with Crippen molar-refractivity contribution in [2.75, 3.05) is 10.8 Å². The summed E-state index contributed by atoms with van der Waals surface area (Å²) in [6.07, 6.45) is 0. The number of amides is 2. The number of nitrogens with zero attached hydrogens (tertiary/aromatic N) is 2. The zero-order chi connectivity index (χ0) is 28.9. The third-order valence-electron chi connectivity index (χ3n) is 6.07. The molecule has 0 saturated carbocycles. The Morgan fingerprint density at radius 3 is 2.18 bits per heavy atom. The number of benzene rings is 3. The highest BCUT2D eigenvalue weighted by Gasteiger charge is 2.33. The van der Waals surface area contributed by atoms with E-state index in [2.05, 4.69) is 5.32 Å². The molecule has 0 saturated heterocycles. The SMILES string of the molecule is Cc1c(Cl)cccc1N(CC(=O)N(Cc1ccc(Cl)cc1Cl)[C@H](C)C(=O)NC(C)C)S(=O)(=O)c1ccccc1. The van der Waals surface area contributed by atoms with Crippen LogP contribution in [0.2, 0.25) is 15.1 Å². The molecule has 0 spiro atoms. The van der Waals surface area contributed by atoms with Crippen LogP contribution in [0.25, 0.3) is 0 Å². The van der Waals surface area contributed by atoms with Crippen molar-refractivity contribution in [1.29, 1.82) is 0 Å². The number of halogens is 3. The van der Waals surface area contributed by atoms with Crippen molar-refractivity contribution in [2.24, 2.45) is 0 Å². The molecule has 1 N–H and O–H groups in total. The molecule has 0 unspecified atom stereocenters. The average molecular weight is 611 g/mol. The summed E-state index contributed by atoms with van der Waals surface area (Å²) in [5, 5.41) is 3.89. The smallest absolute Gasteiger partial charge is 0.264 e. The minimum absolute atomic E-state index is 0.00932. The maximum atomic E-state index is 14.0. The summed E-state index contributed by atoms with van der Waals surface area (Å²) in [5.41, 5.74) is 1.29. The summed E-state index contributed by atoms with van der Waals surface area (Å²) in [6, 6.07) is 16.4. The van der Waals surface area contributed by atoms with Gasteiger partial charge in [0.25, 0.3) is 10.0 Å². The van der Waals surface area contributed by atoms with E-state index < -0.39 is 28.5 Å². The highest BCUT2D eigenvalue weighted by atomic mass is 35.5. The number of sulfonamides is 1. The molecule has 3 aromatic rings. The number of anilines is 1. The van der Waals surface area contributed by atoms with Crippen LogP contribution in [0.3, 0.4) is 0 Å². The predicted octanol–water partition coefficient (Wildman–Crippen LogP) is 6.09. The molecular formula is C28H30Cl3N3O4S. The minimum atomic E-state index is -4.19. The first-order chi connectivity index (χ1) is 18.3. The Balaban J connectivity index is 2.09. The molecular weight excluding hydrogens is 581 g/mol. The molecule has 208 valence electrons. The van der Waals surface area contributed by atoms with E-state index in [1.807, 2.05) is 13.8 Å². The second-order valence-corrected chi connectivity index (χ2v) is 12.4. The molecule has 0 radical (unpaired) electrons. The Bertz CT molecular complexity index is 1450. The molecule has 0 fully saturated rings. The van der Waals surface area contributed by atoms with Gasteiger partial charge in [-0.05, 0) is 75.2 Å². The van der Waals surface area contributed by atoms with Gasteiger partial charge in [0.1, 0.15) is 12.6 Å². The molecule has 39 heavy (non-hydrogen) atoms. The van der Waals surface area contributed by atoms with E-state index in [1.165, 1.54) is 17.0 Å². The summed E-state index contributed by atoms with van der Waals surface area (Å²) >= 11 is 18.8. The molecule has 0 aliphatic heterocycles. The second kappa shape index (κ2) is 13.0. The van der Waals surface area contributed by atoms with E-state index in [0.29, 0.717) is 26.2 Å². The number of hydrogen-bond acceptors (Lipinski definition) is 4. The molecule has 0 bridgehead atoms. The van der Waals surface area contributed by atoms with E-state index in [0.717, 1.165) is 4.31 Å². The summed E-state index contributed by atoms with van der Waals surface area (Å²) in [5.74, 6) is -0.994. The topological polar surface area (TPSA) is 86.8 Å². The lowest BCUT2D eigenvalue weighted by Crippen LogP contribution is -2.52. The van der Waals surface area contributed by atoms with Gasteiger partial charge >= 0.3 is 0 Å². The maximum Gasteiger partial charge on any atom is 0.264 e. The Kier molecular flexibility index (Phi) is 10.3. The molecule has 2 amide bonds. The Morgan fingerprint density at radius 1 is 0.897 bits per heavy atom. The van der Waals surface area contributed by atoms with Crippen LogP contribution < -0.4 is 9.62 Å². The second-order valence-electron chi connectivity index (χ2n) is 9.31. The first-order valence-electron chi connectivity index (χ1n) is 12.2. The van der Waals surface area contributed by atoms with E-state index in [1.54, 1.807) is 68.4 Å². The number of rotatable bonds is 10. The molecule has 0 aromatic heterocycles. The van der Waals surface area contributed by atoms with Gasteiger partial charge in [-0.1, -0.05) is 65.1 Å². The fourth-order valence-corrected chi connectivity index (χ4v) is 6.05. The van der Waals surface area contributed by atoms with E-state index in [-0.39, 0.29) is 29.1 Å². The van der Waals surface area contributed by atoms with Gasteiger partial charge in [-0.25, -0.2) is 8.42 Å². The van der Waals surface area contributed by atoms with E-state index in [9.17, 15) is 18.0 Å². The number of nitrogens with one attached hydrogen (secondary N) is 1. The number of hydrogen-bond donors (Lipinski definition) is 1. The summed E-state index contributed by atoms with van der Waals surface area (Å²) in [6.45, 7) is 6.25. The largest absolute Gasteiger partial charge is 0.352 e. The van der Waals surface area contributed by atoms with Crippen LogP contribution in [0.15, 0.2) is 71.6 Å². The van der Waals surface area contributed by atoms with Crippen molar-refractivity contribution in [3.63, 3.8) is 0 Å². The molecule has 0 heterocycles. The molecule has 7 nitrogen and oxygen atoms in total. The Morgan fingerprint density at radius 2 is 1.56 bits per heavy atom. The lowest BCUT2D eigenvalue weighted by Gasteiger charge is -2.33. The van der Waals surface area contributed by atoms with Gasteiger partial charge in [0.15, 0.2) is 0 Å². The average Bonchev–Trinajstić information content (AvgIpc) is 2.88. The summed E-state index contributed by atoms with van der Waals surface area (Å²) in [4.78, 5) is 28.3. The van der Waals surface area contributed by atoms with Crippen LogP contribution in [-0.4, -0.2) is 43.8 Å². The van der Waals surface area contributed by atoms with Crippen molar-refractivity contribution < 1.29 is 18.0 Å². The van der Waals surface area contributed by atoms with Gasteiger partial charge in [0.2, 0.25) is 11.8 Å². The van der Waals surface area contributed by atoms with Gasteiger partial charge < -0.3 is 10.2 Å². The van der Waals surface area contributed by atoms with Gasteiger partial charge in [0.05, 0.1) is 10.6 Å². The van der Waals surface area contributed by atoms with Crippen LogP contribution in [0.4, 0.5) is 5.69 Å². The number of carbonyl (C=O) groups excluding carboxylic acids is 2. The van der Waals surface area contributed by atoms with Crippen molar-refractivity contribution in [1.82, 2.24) is 10.2 Å². The zero-order valence-corrected chi connectivity index (χ0v) is 25.1. The molecule has 0 aliphatic carbocycles. The van der Waals surface area contributed by atoms with Crippen LogP contribution in [-0.2, 0) is 26.2 Å². The highest BCUT2D eigenvalue weighted by Crippen LogP contribution is 2.31. The predicted molar refractivity (Wildman–Crippen MR) is 157 cm³/mol. The Labute approximate surface area is 244 Å². The lowest BCUT2D eigenvalue weighted by molar-refractivity contribution is -0.139. The fraction of sp³-hybridized carbons (Fsp3) is 0.286. The number of carbonyl (C=O) groups is 2. The van der Waals surface area contributed by atoms with Gasteiger partial charge in [-0.3, -0.25) is 13.9 Å². The van der Waals surface area contributed by atoms with Gasteiger partial charge in [0, 0.05) is 27.7 Å². The first kappa shape index (κ1) is 30.8. The van der Waals surface area contributed by atoms with Crippen LogP contribution >= 0.6 is 34.8 Å². The van der Waals surface area contributed by atoms with Gasteiger partial charge in [-0.2, -0.15) is 0 Å². The monoisotopic (exact) mass is 609 g/mol. The maximum absolute atomic E-state index is 14.0. The fourth-order valence-electron chi connectivity index (χ4n) is 3.92. The van der Waals surface area contributed by atoms with Gasteiger partial charge in [-0.15, -0.1) is 0 Å². The van der Waals surface area contributed by atoms with Crippen LogP contribution in [0.5, 0.6) is 0 Å². The summed E-state index contributed by atoms with van der Waals surface area (Å²) < 4.78 is 28.7. The highest BCUT2D eigenvalue weighted by molar-refractivity contribution is 7.92. The normalized spacial score (nSPS) is 12.2. The van der Waals surface area contributed by atoms with Crippen molar-refractivity contribution in [3.05, 3.63) is 92.9 Å². The first-order valence-corrected chi connectivity index (χ1v) is 14.8. The lowest BCUT2D eigenvalue weighted by atomic mass is 10.1. The van der Waals surface area contributed by atoms with E-state index >= 15 is 0 Å². The molecule has 0 aliphatic rings. The standard InChI is InChI=1S/C28H30Cl3N3O4S/c1-18(2)32-28(36)20(4)33(16-21-13-14-22(29)15-25(21)31)27(35)17-34(26-12-8-11-24(30)19(26)3)39(37,38)23-9-6-5-7-10-23/h5-15,18,20H,16-17H2,1-4H3,(H,32,36)/t20-/m1/s1. The minimum Gasteiger partial charge on any atom is -0.352 e. The van der Waals surface area contributed by atoms with Crippen LogP contribution in [0.1, 0.15) is 31.9 Å². The van der Waals surface area contributed by atoms with Crippen molar-refractivity contribution in [2.45, 2.75) is 51.2 Å². The zero-order valence-electron chi connectivity index (χ0n) is 22.0. The Hall–Kier alpha value is -2.78. The van der Waals surface area contributed by atoms with Crippen molar-refractivity contribution >= 4 is 62.3 Å². The van der Waals surface area contributed by atoms with Crippen molar-refractivity contribution in [3.8, 4) is 0 Å². The molecule has 3 rings (SSSR count). The molecule has 11 heteroatoms. The molecule has 3 aromatic carbocycles. The van der Waals surface area contributed by atoms with Crippen LogP contribution in [0, 0.1) is 6.92 Å². The summed E-state index contributed by atoms with van der Waals surface area (Å²) in [7, 11) is -4.19. The third kappa shape index (κ3) is 7.45. The quantitative estimate of drug-likeness (QED) is 0.301. The third-order valence-corrected chi connectivity index (χ3v) is 8.84. The molecule has 1 atom stereocenters. The van der Waals surface area contributed by atoms with E-state index in [4.69, 9.17) is 34.8 Å².